The van der Waals surface area contributed by atoms with Crippen LogP contribution in [0.25, 0.3) is 0 Å². The van der Waals surface area contributed by atoms with Gasteiger partial charge >= 0.3 is 29.6 Å². The quantitative estimate of drug-likeness (QED) is 0.390. The van der Waals surface area contributed by atoms with E-state index in [0.29, 0.717) is 5.92 Å². The van der Waals surface area contributed by atoms with Crippen LogP contribution in [-0.2, 0) is 6.42 Å². The first-order chi connectivity index (χ1) is 6.33. The van der Waals surface area contributed by atoms with Gasteiger partial charge in [-0.3, -0.25) is 0 Å². The molecule has 1 aliphatic rings. The van der Waals surface area contributed by atoms with Crippen LogP contribution in [0.5, 0.6) is 0 Å². The van der Waals surface area contributed by atoms with Gasteiger partial charge in [0.2, 0.25) is 0 Å². The van der Waals surface area contributed by atoms with Crippen molar-refractivity contribution < 1.29 is 29.6 Å². The Morgan fingerprint density at radius 1 is 1.53 bits per heavy atom. The van der Waals surface area contributed by atoms with Gasteiger partial charge in [-0.15, -0.1) is 12.1 Å². The molecule has 0 bridgehead atoms. The monoisotopic (exact) mass is 210 g/mol. The molecule has 0 amide bonds. The van der Waals surface area contributed by atoms with Gasteiger partial charge < -0.3 is 0 Å². The number of hydrogen-bond acceptors (Lipinski definition) is 0. The molecule has 15 heavy (non-hydrogen) atoms. The summed E-state index contributed by atoms with van der Waals surface area (Å²) < 4.78 is 0. The first kappa shape index (κ1) is 15.0. The van der Waals surface area contributed by atoms with Crippen LogP contribution in [0.3, 0.4) is 0 Å². The molecule has 0 saturated carbocycles. The number of hydrogen-bond donors (Lipinski definition) is 0. The summed E-state index contributed by atoms with van der Waals surface area (Å²) in [5.74, 6) is 0.609. The summed E-state index contributed by atoms with van der Waals surface area (Å²) in [7, 11) is 0. The molecule has 1 aromatic carbocycles. The van der Waals surface area contributed by atoms with Crippen molar-refractivity contribution in [3.63, 3.8) is 0 Å². The van der Waals surface area contributed by atoms with Gasteiger partial charge in [0.05, 0.1) is 0 Å². The average molecular weight is 210 g/mol. The van der Waals surface area contributed by atoms with Crippen molar-refractivity contribution in [2.45, 2.75) is 39.5 Å². The van der Waals surface area contributed by atoms with Gasteiger partial charge in [-0.1, -0.05) is 32.8 Å². The fourth-order valence-electron chi connectivity index (χ4n) is 2.18. The van der Waals surface area contributed by atoms with Gasteiger partial charge in [0, 0.05) is 0 Å². The largest absolute Gasteiger partial charge is 1.00 e. The Kier molecular flexibility index (Phi) is 6.51. The molecule has 1 atom stereocenters. The second-order valence-electron chi connectivity index (χ2n) is 3.78. The predicted molar refractivity (Wildman–Crippen MR) is 62.5 cm³/mol. The Morgan fingerprint density at radius 2 is 2.27 bits per heavy atom. The van der Waals surface area contributed by atoms with E-state index in [0.717, 1.165) is 6.42 Å². The summed E-state index contributed by atoms with van der Waals surface area (Å²) in [4.78, 5) is 0. The molecule has 1 aromatic rings. The van der Waals surface area contributed by atoms with Crippen LogP contribution < -0.4 is 29.6 Å². The molecule has 0 saturated heterocycles. The molecule has 76 valence electrons. The third kappa shape index (κ3) is 2.96. The fourth-order valence-corrected chi connectivity index (χ4v) is 2.18. The van der Waals surface area contributed by atoms with E-state index in [1.807, 2.05) is 6.07 Å². The number of fused-ring (bicyclic) bond motifs is 1. The molecular formula is C14H19Na. The smallest absolute Gasteiger partial charge is 0.180 e. The van der Waals surface area contributed by atoms with Crippen molar-refractivity contribution in [2.24, 2.45) is 0 Å². The van der Waals surface area contributed by atoms with E-state index in [9.17, 15) is 0 Å². The molecule has 0 N–H and O–H groups in total. The third-order valence-corrected chi connectivity index (χ3v) is 2.83. The Labute approximate surface area is 116 Å². The molecule has 0 heterocycles. The van der Waals surface area contributed by atoms with Gasteiger partial charge in [-0.25, -0.2) is 0 Å². The minimum absolute atomic E-state index is 0. The van der Waals surface area contributed by atoms with E-state index >= 15 is 0 Å². The molecule has 0 fully saturated rings. The summed E-state index contributed by atoms with van der Waals surface area (Å²) in [5.41, 5.74) is 4.21. The normalized spacial score (nSPS) is 17.7. The maximum absolute atomic E-state index is 4.15. The topological polar surface area (TPSA) is 0 Å². The summed E-state index contributed by atoms with van der Waals surface area (Å²) >= 11 is 0. The SMILES string of the molecule is C.C=C1Cc2[c-]cccc2C1CCC.[Na+]. The van der Waals surface area contributed by atoms with Crippen molar-refractivity contribution >= 4 is 0 Å². The number of benzene rings is 1. The Hall–Kier alpha value is -0.0400. The van der Waals surface area contributed by atoms with E-state index in [1.54, 1.807) is 0 Å². The van der Waals surface area contributed by atoms with Gasteiger partial charge in [-0.2, -0.15) is 29.8 Å². The first-order valence-corrected chi connectivity index (χ1v) is 5.00. The van der Waals surface area contributed by atoms with Crippen LogP contribution in [0, 0.1) is 6.07 Å². The Bertz CT molecular complexity index is 328. The predicted octanol–water partition coefficient (Wildman–Crippen LogP) is 1.12. The van der Waals surface area contributed by atoms with E-state index in [4.69, 9.17) is 0 Å². The maximum Gasteiger partial charge on any atom is 1.00 e. The first-order valence-electron chi connectivity index (χ1n) is 5.00. The summed E-state index contributed by atoms with van der Waals surface area (Å²) in [6, 6.07) is 9.62. The Morgan fingerprint density at radius 3 is 2.93 bits per heavy atom. The minimum Gasteiger partial charge on any atom is -0.180 e. The van der Waals surface area contributed by atoms with Gasteiger partial charge in [0.1, 0.15) is 0 Å². The third-order valence-electron chi connectivity index (χ3n) is 2.83. The molecule has 0 spiro atoms. The average Bonchev–Trinajstić information content (AvgIpc) is 2.44. The van der Waals surface area contributed by atoms with E-state index in [1.165, 1.54) is 29.5 Å². The zero-order valence-corrected chi connectivity index (χ0v) is 11.1. The van der Waals surface area contributed by atoms with Crippen molar-refractivity contribution in [1.29, 1.82) is 0 Å². The molecule has 1 aliphatic carbocycles. The molecule has 0 aromatic heterocycles. The summed E-state index contributed by atoms with van der Waals surface area (Å²) in [6.07, 6.45) is 3.52. The van der Waals surface area contributed by atoms with Crippen LogP contribution in [0.4, 0.5) is 0 Å². The van der Waals surface area contributed by atoms with Crippen LogP contribution in [0.15, 0.2) is 30.4 Å². The zero-order chi connectivity index (χ0) is 9.26. The minimum atomic E-state index is 0. The Balaban J connectivity index is 0.000000980. The molecule has 0 nitrogen and oxygen atoms in total. The van der Waals surface area contributed by atoms with Crippen molar-refractivity contribution in [3.05, 3.63) is 47.5 Å². The summed E-state index contributed by atoms with van der Waals surface area (Å²) in [6.45, 7) is 6.38. The van der Waals surface area contributed by atoms with Crippen LogP contribution in [0.2, 0.25) is 0 Å². The second-order valence-corrected chi connectivity index (χ2v) is 3.78. The second kappa shape index (κ2) is 6.52. The molecule has 2 rings (SSSR count). The van der Waals surface area contributed by atoms with Crippen molar-refractivity contribution in [3.8, 4) is 0 Å². The maximum atomic E-state index is 4.15. The van der Waals surface area contributed by atoms with E-state index < -0.39 is 0 Å². The standard InChI is InChI=1S/C13H15.CH4.Na/c1-3-6-12-10(2)9-11-7-4-5-8-13(11)12;;/h4-5,8,12H,2-3,6,9H2,1H3;1H4;/q-1;;+1. The van der Waals surface area contributed by atoms with Gasteiger partial charge in [0.25, 0.3) is 0 Å². The molecule has 0 aliphatic heterocycles. The van der Waals surface area contributed by atoms with Crippen LogP contribution in [0.1, 0.15) is 44.2 Å². The number of allylic oxidation sites excluding steroid dienone is 1. The fraction of sp³-hybridized carbons (Fsp3) is 0.429. The zero-order valence-electron chi connectivity index (χ0n) is 9.14. The van der Waals surface area contributed by atoms with Gasteiger partial charge in [0.15, 0.2) is 0 Å². The van der Waals surface area contributed by atoms with Crippen LogP contribution in [-0.4, -0.2) is 0 Å². The molecule has 0 radical (unpaired) electrons. The number of rotatable bonds is 2. The summed E-state index contributed by atoms with van der Waals surface area (Å²) in [5, 5.41) is 0. The van der Waals surface area contributed by atoms with Crippen molar-refractivity contribution in [1.82, 2.24) is 0 Å². The van der Waals surface area contributed by atoms with E-state index in [-0.39, 0.29) is 37.0 Å². The van der Waals surface area contributed by atoms with E-state index in [2.05, 4.69) is 31.7 Å². The molecule has 1 heteroatoms. The molecule has 1 unspecified atom stereocenters. The molecular weight excluding hydrogens is 191 g/mol. The van der Waals surface area contributed by atoms with Crippen LogP contribution >= 0.6 is 0 Å². The van der Waals surface area contributed by atoms with Gasteiger partial charge in [-0.05, 0) is 12.3 Å². The van der Waals surface area contributed by atoms with Crippen molar-refractivity contribution in [2.75, 3.05) is 0 Å².